The Hall–Kier alpha value is -1.31. The molecular formula is C14H20N2. The number of anilines is 1. The first kappa shape index (κ1) is 11.2. The monoisotopic (exact) mass is 216 g/mol. The molecule has 2 rings (SSSR count). The summed E-state index contributed by atoms with van der Waals surface area (Å²) in [6.07, 6.45) is 5.08. The fraction of sp³-hybridized carbons (Fsp3) is 0.500. The Bertz CT molecular complexity index is 382. The number of hydrazone groups is 1. The zero-order valence-electron chi connectivity index (χ0n) is 10.2. The zero-order chi connectivity index (χ0) is 11.4. The molecule has 16 heavy (non-hydrogen) atoms. The van der Waals surface area contributed by atoms with Crippen LogP contribution in [0.25, 0.3) is 0 Å². The van der Waals surface area contributed by atoms with Crippen LogP contribution in [0.15, 0.2) is 29.4 Å². The van der Waals surface area contributed by atoms with Gasteiger partial charge in [-0.25, -0.2) is 0 Å². The molecule has 0 aliphatic heterocycles. The lowest BCUT2D eigenvalue weighted by Gasteiger charge is -2.20. The van der Waals surface area contributed by atoms with Crippen LogP contribution in [0, 0.1) is 12.8 Å². The van der Waals surface area contributed by atoms with Crippen molar-refractivity contribution in [1.82, 2.24) is 0 Å². The molecule has 86 valence electrons. The maximum absolute atomic E-state index is 4.56. The van der Waals surface area contributed by atoms with E-state index in [-0.39, 0.29) is 0 Å². The third-order valence-corrected chi connectivity index (χ3v) is 3.35. The number of rotatable bonds is 2. The molecule has 1 fully saturated rings. The summed E-state index contributed by atoms with van der Waals surface area (Å²) in [5.41, 5.74) is 6.89. The Labute approximate surface area is 97.8 Å². The molecule has 0 unspecified atom stereocenters. The molecule has 2 nitrogen and oxygen atoms in total. The van der Waals surface area contributed by atoms with E-state index in [9.17, 15) is 0 Å². The van der Waals surface area contributed by atoms with Gasteiger partial charge >= 0.3 is 0 Å². The Morgan fingerprint density at radius 1 is 1.25 bits per heavy atom. The van der Waals surface area contributed by atoms with Gasteiger partial charge in [-0.2, -0.15) is 5.10 Å². The predicted octanol–water partition coefficient (Wildman–Crippen LogP) is 3.97. The van der Waals surface area contributed by atoms with Gasteiger partial charge in [0.25, 0.3) is 0 Å². The SMILES string of the molecule is Cc1ccccc1N/N=C1/CCCC[C@H]1C. The average Bonchev–Trinajstić information content (AvgIpc) is 2.30. The molecule has 0 amide bonds. The van der Waals surface area contributed by atoms with Gasteiger partial charge in [-0.05, 0) is 43.7 Å². The second-order valence-electron chi connectivity index (χ2n) is 4.68. The summed E-state index contributed by atoms with van der Waals surface area (Å²) in [6.45, 7) is 4.38. The van der Waals surface area contributed by atoms with Gasteiger partial charge in [0.1, 0.15) is 0 Å². The highest BCUT2D eigenvalue weighted by atomic mass is 15.3. The normalized spacial score (nSPS) is 23.4. The Balaban J connectivity index is 2.05. The summed E-state index contributed by atoms with van der Waals surface area (Å²) >= 11 is 0. The van der Waals surface area contributed by atoms with Crippen molar-refractivity contribution in [3.8, 4) is 0 Å². The average molecular weight is 216 g/mol. The lowest BCUT2D eigenvalue weighted by Crippen LogP contribution is -2.17. The van der Waals surface area contributed by atoms with Gasteiger partial charge in [0.2, 0.25) is 0 Å². The van der Waals surface area contributed by atoms with E-state index in [1.807, 2.05) is 6.07 Å². The van der Waals surface area contributed by atoms with Crippen LogP contribution in [-0.2, 0) is 0 Å². The minimum atomic E-state index is 0.644. The largest absolute Gasteiger partial charge is 0.278 e. The molecule has 1 aliphatic rings. The minimum Gasteiger partial charge on any atom is -0.278 e. The summed E-state index contributed by atoms with van der Waals surface area (Å²) in [4.78, 5) is 0. The van der Waals surface area contributed by atoms with Gasteiger partial charge in [0.15, 0.2) is 0 Å². The highest BCUT2D eigenvalue weighted by Crippen LogP contribution is 2.22. The first-order chi connectivity index (χ1) is 7.77. The number of hydrogen-bond acceptors (Lipinski definition) is 2. The fourth-order valence-electron chi connectivity index (χ4n) is 2.17. The third kappa shape index (κ3) is 2.63. The van der Waals surface area contributed by atoms with Crippen molar-refractivity contribution >= 4 is 11.4 Å². The molecule has 1 N–H and O–H groups in total. The number of hydrogen-bond donors (Lipinski definition) is 1. The van der Waals surface area contributed by atoms with Gasteiger partial charge in [-0.1, -0.05) is 31.5 Å². The molecule has 0 aromatic heterocycles. The number of para-hydroxylation sites is 1. The lowest BCUT2D eigenvalue weighted by molar-refractivity contribution is 0.558. The second kappa shape index (κ2) is 5.15. The lowest BCUT2D eigenvalue weighted by atomic mass is 9.89. The van der Waals surface area contributed by atoms with Crippen molar-refractivity contribution in [3.05, 3.63) is 29.8 Å². The van der Waals surface area contributed by atoms with E-state index in [1.54, 1.807) is 0 Å². The molecule has 1 aliphatic carbocycles. The van der Waals surface area contributed by atoms with E-state index >= 15 is 0 Å². The van der Waals surface area contributed by atoms with E-state index in [2.05, 4.69) is 42.6 Å². The van der Waals surface area contributed by atoms with Gasteiger partial charge in [0.05, 0.1) is 5.69 Å². The minimum absolute atomic E-state index is 0.644. The highest BCUT2D eigenvalue weighted by molar-refractivity contribution is 5.87. The summed E-state index contributed by atoms with van der Waals surface area (Å²) in [6, 6.07) is 8.27. The maximum Gasteiger partial charge on any atom is 0.0590 e. The number of nitrogens with zero attached hydrogens (tertiary/aromatic N) is 1. The Morgan fingerprint density at radius 2 is 2.06 bits per heavy atom. The van der Waals surface area contributed by atoms with Crippen LogP contribution < -0.4 is 5.43 Å². The topological polar surface area (TPSA) is 24.4 Å². The fourth-order valence-corrected chi connectivity index (χ4v) is 2.17. The molecule has 2 heteroatoms. The highest BCUT2D eigenvalue weighted by Gasteiger charge is 2.15. The molecule has 1 atom stereocenters. The van der Waals surface area contributed by atoms with Crippen LogP contribution in [-0.4, -0.2) is 5.71 Å². The van der Waals surface area contributed by atoms with E-state index < -0.39 is 0 Å². The van der Waals surface area contributed by atoms with Crippen molar-refractivity contribution in [2.75, 3.05) is 5.43 Å². The molecular weight excluding hydrogens is 196 g/mol. The molecule has 1 aromatic rings. The predicted molar refractivity (Wildman–Crippen MR) is 69.9 cm³/mol. The molecule has 1 saturated carbocycles. The van der Waals surface area contributed by atoms with E-state index in [1.165, 1.54) is 30.5 Å². The molecule has 0 bridgehead atoms. The summed E-state index contributed by atoms with van der Waals surface area (Å²) in [5.74, 6) is 0.644. The molecule has 0 saturated heterocycles. The number of benzene rings is 1. The summed E-state index contributed by atoms with van der Waals surface area (Å²) in [7, 11) is 0. The van der Waals surface area contributed by atoms with Crippen molar-refractivity contribution in [2.45, 2.75) is 39.5 Å². The van der Waals surface area contributed by atoms with E-state index in [4.69, 9.17) is 0 Å². The second-order valence-corrected chi connectivity index (χ2v) is 4.68. The van der Waals surface area contributed by atoms with Crippen LogP contribution in [0.4, 0.5) is 5.69 Å². The maximum atomic E-state index is 4.56. The van der Waals surface area contributed by atoms with Gasteiger partial charge < -0.3 is 0 Å². The van der Waals surface area contributed by atoms with Crippen molar-refractivity contribution in [1.29, 1.82) is 0 Å². The molecule has 0 heterocycles. The smallest absolute Gasteiger partial charge is 0.0590 e. The third-order valence-electron chi connectivity index (χ3n) is 3.35. The van der Waals surface area contributed by atoms with Gasteiger partial charge in [0, 0.05) is 5.71 Å². The summed E-state index contributed by atoms with van der Waals surface area (Å²) < 4.78 is 0. The van der Waals surface area contributed by atoms with E-state index in [0.29, 0.717) is 5.92 Å². The van der Waals surface area contributed by atoms with Crippen LogP contribution in [0.3, 0.4) is 0 Å². The summed E-state index contributed by atoms with van der Waals surface area (Å²) in [5, 5.41) is 4.56. The van der Waals surface area contributed by atoms with Crippen molar-refractivity contribution < 1.29 is 0 Å². The van der Waals surface area contributed by atoms with Crippen LogP contribution >= 0.6 is 0 Å². The molecule has 0 spiro atoms. The van der Waals surface area contributed by atoms with Crippen molar-refractivity contribution in [2.24, 2.45) is 11.0 Å². The van der Waals surface area contributed by atoms with Crippen LogP contribution in [0.5, 0.6) is 0 Å². The zero-order valence-corrected chi connectivity index (χ0v) is 10.2. The Morgan fingerprint density at radius 3 is 2.81 bits per heavy atom. The van der Waals surface area contributed by atoms with Crippen molar-refractivity contribution in [3.63, 3.8) is 0 Å². The van der Waals surface area contributed by atoms with E-state index in [0.717, 1.165) is 12.1 Å². The number of aryl methyl sites for hydroxylation is 1. The Kier molecular flexibility index (Phi) is 3.60. The number of nitrogens with one attached hydrogen (secondary N) is 1. The first-order valence-electron chi connectivity index (χ1n) is 6.15. The van der Waals surface area contributed by atoms with Crippen LogP contribution in [0.2, 0.25) is 0 Å². The van der Waals surface area contributed by atoms with Gasteiger partial charge in [-0.15, -0.1) is 0 Å². The first-order valence-corrected chi connectivity index (χ1v) is 6.15. The standard InChI is InChI=1S/C14H20N2/c1-11-7-3-5-9-13(11)15-16-14-10-6-4-8-12(14)2/h3,5,7,9,12,15H,4,6,8,10H2,1-2H3/b16-14-/t12-/m1/s1. The van der Waals surface area contributed by atoms with Gasteiger partial charge in [-0.3, -0.25) is 5.43 Å². The molecule has 0 radical (unpaired) electrons. The molecule has 1 aromatic carbocycles. The quantitative estimate of drug-likeness (QED) is 0.743. The van der Waals surface area contributed by atoms with Crippen LogP contribution in [0.1, 0.15) is 38.2 Å².